The summed E-state index contributed by atoms with van der Waals surface area (Å²) in [5.41, 5.74) is 0. The van der Waals surface area contributed by atoms with Gasteiger partial charge in [0.2, 0.25) is 0 Å². The molecule has 2 unspecified atom stereocenters. The van der Waals surface area contributed by atoms with Gasteiger partial charge in [-0.2, -0.15) is 0 Å². The van der Waals surface area contributed by atoms with E-state index in [-0.39, 0.29) is 25.6 Å². The fourth-order valence-electron chi connectivity index (χ4n) is 8.19. The van der Waals surface area contributed by atoms with Crippen molar-refractivity contribution in [3.63, 3.8) is 0 Å². The van der Waals surface area contributed by atoms with Gasteiger partial charge in [0.25, 0.3) is 0 Å². The summed E-state index contributed by atoms with van der Waals surface area (Å²) in [4.78, 5) is 35.7. The molecule has 0 amide bonds. The number of phosphoric ester groups is 1. The molecule has 1 N–H and O–H groups in total. The fourth-order valence-corrected chi connectivity index (χ4v) is 8.93. The second-order valence-corrected chi connectivity index (χ2v) is 22.1. The molecule has 10 heteroatoms. The summed E-state index contributed by atoms with van der Waals surface area (Å²) in [5, 5.41) is 0. The predicted octanol–water partition coefficient (Wildman–Crippen LogP) is 17.8. The number of nitrogens with zero attached hydrogens (tertiary/aromatic N) is 1. The Kier molecular flexibility index (Phi) is 49.4. The topological polar surface area (TPSA) is 108 Å². The summed E-state index contributed by atoms with van der Waals surface area (Å²) >= 11 is 0. The molecular weight excluding hydrogens is 882 g/mol. The molecule has 0 aromatic carbocycles. The molecule has 0 radical (unpaired) electrons. The van der Waals surface area contributed by atoms with Crippen LogP contribution in [0.3, 0.4) is 0 Å². The average Bonchev–Trinajstić information content (AvgIpc) is 3.31. The monoisotopic (exact) mass is 993 g/mol. The van der Waals surface area contributed by atoms with Gasteiger partial charge in [0.1, 0.15) is 19.8 Å². The Hall–Kier alpha value is -2.03. The van der Waals surface area contributed by atoms with Crippen molar-refractivity contribution in [2.45, 2.75) is 270 Å². The number of ether oxygens (including phenoxy) is 2. The maximum absolute atomic E-state index is 12.8. The number of phosphoric acid groups is 1. The lowest BCUT2D eigenvalue weighted by Crippen LogP contribution is -2.37. The predicted molar refractivity (Wildman–Crippen MR) is 293 cm³/mol. The van der Waals surface area contributed by atoms with Gasteiger partial charge in [0, 0.05) is 12.8 Å². The largest absolute Gasteiger partial charge is 0.472 e. The van der Waals surface area contributed by atoms with Crippen LogP contribution in [0.4, 0.5) is 0 Å². The molecule has 0 bridgehead atoms. The van der Waals surface area contributed by atoms with Crippen molar-refractivity contribution in [3.8, 4) is 0 Å². The average molecular weight is 994 g/mol. The van der Waals surface area contributed by atoms with Crippen molar-refractivity contribution in [2.24, 2.45) is 0 Å². The Bertz CT molecular complexity index is 1310. The number of allylic oxidation sites excluding steroid dienone is 8. The van der Waals surface area contributed by atoms with Crippen molar-refractivity contribution in [3.05, 3.63) is 48.6 Å². The zero-order valence-corrected chi connectivity index (χ0v) is 46.7. The van der Waals surface area contributed by atoms with E-state index in [0.29, 0.717) is 23.9 Å². The molecule has 0 heterocycles. The van der Waals surface area contributed by atoms with Crippen molar-refractivity contribution < 1.29 is 42.1 Å². The molecule has 404 valence electrons. The van der Waals surface area contributed by atoms with Crippen LogP contribution in [0.5, 0.6) is 0 Å². The summed E-state index contributed by atoms with van der Waals surface area (Å²) in [6.07, 6.45) is 63.2. The first kappa shape index (κ1) is 67.0. The normalized spacial score (nSPS) is 13.7. The highest BCUT2D eigenvalue weighted by Crippen LogP contribution is 2.43. The van der Waals surface area contributed by atoms with Crippen molar-refractivity contribution >= 4 is 19.8 Å². The van der Waals surface area contributed by atoms with Gasteiger partial charge in [0.15, 0.2) is 6.10 Å². The van der Waals surface area contributed by atoms with E-state index in [1.807, 2.05) is 21.1 Å². The Morgan fingerprint density at radius 3 is 1.23 bits per heavy atom. The molecular formula is C59H111NO8P+. The summed E-state index contributed by atoms with van der Waals surface area (Å²) in [5.74, 6) is -0.796. The van der Waals surface area contributed by atoms with E-state index >= 15 is 0 Å². The smallest absolute Gasteiger partial charge is 0.462 e. The minimum Gasteiger partial charge on any atom is -0.462 e. The molecule has 0 rings (SSSR count). The third-order valence-corrected chi connectivity index (χ3v) is 13.6. The zero-order chi connectivity index (χ0) is 50.6. The van der Waals surface area contributed by atoms with Gasteiger partial charge in [-0.05, 0) is 51.4 Å². The minimum atomic E-state index is -4.39. The highest BCUT2D eigenvalue weighted by molar-refractivity contribution is 7.47. The van der Waals surface area contributed by atoms with Crippen molar-refractivity contribution in [1.29, 1.82) is 0 Å². The maximum Gasteiger partial charge on any atom is 0.472 e. The number of carbonyl (C=O) groups excluding carboxylic acids is 2. The third-order valence-electron chi connectivity index (χ3n) is 12.6. The van der Waals surface area contributed by atoms with Crippen molar-refractivity contribution in [1.82, 2.24) is 0 Å². The summed E-state index contributed by atoms with van der Waals surface area (Å²) in [6, 6.07) is 0. The molecule has 0 spiro atoms. The standard InChI is InChI=1S/C59H110NO8P/c1-6-8-10-12-14-16-18-20-22-24-26-28-29-30-32-33-35-37-39-41-43-45-47-49-51-58(61)65-55-57(56-67-69(63,64)66-54-53-60(3,4)5)68-59(62)52-50-48-46-44-42-40-38-36-34-31-27-25-23-21-19-17-15-13-11-9-7-2/h9,11,15,17,21,23,27,31,57H,6-8,10,12-14,16,18-20,22,24-26,28-30,32-56H2,1-5H3/p+1/b11-9-,17-15-,23-21-,31-27-. The van der Waals surface area contributed by atoms with Gasteiger partial charge in [-0.15, -0.1) is 0 Å². The second-order valence-electron chi connectivity index (χ2n) is 20.7. The van der Waals surface area contributed by atoms with Gasteiger partial charge in [-0.25, -0.2) is 4.57 Å². The molecule has 0 saturated heterocycles. The highest BCUT2D eigenvalue weighted by atomic mass is 31.2. The Labute approximate surface area is 426 Å². The van der Waals surface area contributed by atoms with Gasteiger partial charge >= 0.3 is 19.8 Å². The third kappa shape index (κ3) is 55.1. The number of hydrogen-bond donors (Lipinski definition) is 1. The number of likely N-dealkylation sites (N-methyl/N-ethyl adjacent to an activating group) is 1. The maximum atomic E-state index is 12.8. The van der Waals surface area contributed by atoms with Gasteiger partial charge < -0.3 is 18.9 Å². The van der Waals surface area contributed by atoms with Crippen LogP contribution in [-0.2, 0) is 32.7 Å². The van der Waals surface area contributed by atoms with E-state index in [4.69, 9.17) is 18.5 Å². The quantitative estimate of drug-likeness (QED) is 0.0211. The van der Waals surface area contributed by atoms with Crippen LogP contribution >= 0.6 is 7.82 Å². The fraction of sp³-hybridized carbons (Fsp3) is 0.831. The molecule has 9 nitrogen and oxygen atoms in total. The molecule has 69 heavy (non-hydrogen) atoms. The second kappa shape index (κ2) is 50.9. The molecule has 0 aromatic rings. The van der Waals surface area contributed by atoms with Crippen LogP contribution in [-0.4, -0.2) is 74.9 Å². The molecule has 0 aliphatic carbocycles. The molecule has 0 saturated carbocycles. The van der Waals surface area contributed by atoms with E-state index in [0.717, 1.165) is 70.6 Å². The molecule has 0 aliphatic rings. The first-order valence-corrected chi connectivity index (χ1v) is 30.4. The first-order valence-electron chi connectivity index (χ1n) is 28.9. The number of rotatable bonds is 53. The van der Waals surface area contributed by atoms with Crippen LogP contribution in [0, 0.1) is 0 Å². The van der Waals surface area contributed by atoms with E-state index in [1.54, 1.807) is 0 Å². The lowest BCUT2D eigenvalue weighted by atomic mass is 10.0. The van der Waals surface area contributed by atoms with Gasteiger partial charge in [0.05, 0.1) is 27.7 Å². The summed E-state index contributed by atoms with van der Waals surface area (Å²) < 4.78 is 34.6. The van der Waals surface area contributed by atoms with Crippen LogP contribution in [0.1, 0.15) is 264 Å². The van der Waals surface area contributed by atoms with E-state index < -0.39 is 26.5 Å². The zero-order valence-electron chi connectivity index (χ0n) is 45.8. The van der Waals surface area contributed by atoms with Crippen LogP contribution in [0.2, 0.25) is 0 Å². The molecule has 0 aliphatic heterocycles. The lowest BCUT2D eigenvalue weighted by Gasteiger charge is -2.24. The van der Waals surface area contributed by atoms with E-state index in [2.05, 4.69) is 62.5 Å². The minimum absolute atomic E-state index is 0.0301. The van der Waals surface area contributed by atoms with Crippen LogP contribution in [0.25, 0.3) is 0 Å². The lowest BCUT2D eigenvalue weighted by molar-refractivity contribution is -0.870. The Morgan fingerprint density at radius 1 is 0.464 bits per heavy atom. The van der Waals surface area contributed by atoms with E-state index in [1.165, 1.54) is 161 Å². The Morgan fingerprint density at radius 2 is 0.826 bits per heavy atom. The van der Waals surface area contributed by atoms with Gasteiger partial charge in [-0.1, -0.05) is 249 Å². The molecule has 0 fully saturated rings. The van der Waals surface area contributed by atoms with E-state index in [9.17, 15) is 19.0 Å². The van der Waals surface area contributed by atoms with Crippen LogP contribution in [0.15, 0.2) is 48.6 Å². The molecule has 0 aromatic heterocycles. The highest BCUT2D eigenvalue weighted by Gasteiger charge is 2.27. The number of quaternary nitrogens is 1. The van der Waals surface area contributed by atoms with Crippen molar-refractivity contribution in [2.75, 3.05) is 47.5 Å². The summed E-state index contributed by atoms with van der Waals surface area (Å²) in [6.45, 7) is 4.35. The molecule has 2 atom stereocenters. The number of hydrogen-bond acceptors (Lipinski definition) is 7. The number of carbonyl (C=O) groups is 2. The van der Waals surface area contributed by atoms with Crippen LogP contribution < -0.4 is 0 Å². The summed E-state index contributed by atoms with van der Waals surface area (Å²) in [7, 11) is 1.48. The van der Waals surface area contributed by atoms with Gasteiger partial charge in [-0.3, -0.25) is 18.6 Å². The number of esters is 2. The number of unbranched alkanes of at least 4 members (excludes halogenated alkanes) is 31. The first-order chi connectivity index (χ1) is 33.5. The Balaban J connectivity index is 4.15. The SMILES string of the molecule is CC/C=C\C/C=C\C/C=C\C/C=C\CCCCCCCCCCC(=O)OC(COC(=O)CCCCCCCCCCCCCCCCCCCCCCCCCC)COP(=O)(O)OCC[N+](C)(C)C.